The molecular formula is C9H10ClN3. The molecule has 1 aromatic rings. The second kappa shape index (κ2) is 4.01. The van der Waals surface area contributed by atoms with Gasteiger partial charge in [0.15, 0.2) is 0 Å². The van der Waals surface area contributed by atoms with Crippen LogP contribution in [-0.4, -0.2) is 10.9 Å². The smallest absolute Gasteiger partial charge is 0.146 e. The molecule has 0 radical (unpaired) electrons. The van der Waals surface area contributed by atoms with Crippen molar-refractivity contribution in [3.8, 4) is 11.8 Å². The maximum Gasteiger partial charge on any atom is 0.146 e. The van der Waals surface area contributed by atoms with E-state index in [4.69, 9.17) is 23.1 Å². The first-order chi connectivity index (χ1) is 6.15. The molecule has 0 aromatic carbocycles. The number of nitrogen functional groups attached to an aromatic ring is 2. The van der Waals surface area contributed by atoms with Gasteiger partial charge in [0.05, 0.1) is 17.3 Å². The number of nitrogens with two attached hydrogens (primary N) is 2. The van der Waals surface area contributed by atoms with Crippen molar-refractivity contribution >= 4 is 23.1 Å². The van der Waals surface area contributed by atoms with E-state index >= 15 is 0 Å². The number of nitrogens with zero attached hydrogens (tertiary/aromatic N) is 1. The zero-order valence-electron chi connectivity index (χ0n) is 7.26. The summed E-state index contributed by atoms with van der Waals surface area (Å²) < 4.78 is 0. The van der Waals surface area contributed by atoms with Crippen LogP contribution < -0.4 is 11.5 Å². The highest BCUT2D eigenvalue weighted by atomic mass is 35.5. The molecule has 0 amide bonds. The number of anilines is 2. The molecule has 0 saturated heterocycles. The van der Waals surface area contributed by atoms with Crippen LogP contribution >= 0.6 is 11.6 Å². The van der Waals surface area contributed by atoms with E-state index in [1.807, 2.05) is 6.92 Å². The van der Waals surface area contributed by atoms with Crippen molar-refractivity contribution in [2.75, 3.05) is 17.3 Å². The zero-order chi connectivity index (χ0) is 9.84. The molecule has 13 heavy (non-hydrogen) atoms. The monoisotopic (exact) mass is 195 g/mol. The standard InChI is InChI=1S/C9H10ClN3/c1-6-7(3-2-4-10)5-8(11)9(12)13-6/h5H,4,11H2,1H3,(H2,12,13). The second-order valence-corrected chi connectivity index (χ2v) is 2.80. The molecule has 0 fully saturated rings. The van der Waals surface area contributed by atoms with E-state index in [-0.39, 0.29) is 0 Å². The van der Waals surface area contributed by atoms with E-state index in [2.05, 4.69) is 16.8 Å². The van der Waals surface area contributed by atoms with Gasteiger partial charge in [-0.05, 0) is 13.0 Å². The van der Waals surface area contributed by atoms with Gasteiger partial charge in [-0.25, -0.2) is 4.98 Å². The van der Waals surface area contributed by atoms with Crippen molar-refractivity contribution in [3.63, 3.8) is 0 Å². The van der Waals surface area contributed by atoms with Gasteiger partial charge in [0, 0.05) is 5.56 Å². The number of hydrogen-bond donors (Lipinski definition) is 2. The van der Waals surface area contributed by atoms with Crippen LogP contribution in [0.2, 0.25) is 0 Å². The van der Waals surface area contributed by atoms with E-state index in [1.54, 1.807) is 6.07 Å². The lowest BCUT2D eigenvalue weighted by Gasteiger charge is -2.02. The lowest BCUT2D eigenvalue weighted by atomic mass is 10.2. The molecule has 68 valence electrons. The van der Waals surface area contributed by atoms with Gasteiger partial charge in [-0.2, -0.15) is 0 Å². The Labute approximate surface area is 82.1 Å². The van der Waals surface area contributed by atoms with Crippen LogP contribution in [0.15, 0.2) is 6.07 Å². The Bertz CT molecular complexity index is 376. The van der Waals surface area contributed by atoms with Gasteiger partial charge in [0.1, 0.15) is 5.82 Å². The average molecular weight is 196 g/mol. The number of rotatable bonds is 0. The Balaban J connectivity index is 3.16. The molecule has 0 atom stereocenters. The van der Waals surface area contributed by atoms with Gasteiger partial charge < -0.3 is 11.5 Å². The molecule has 0 aliphatic heterocycles. The van der Waals surface area contributed by atoms with Crippen molar-refractivity contribution < 1.29 is 0 Å². The fraction of sp³-hybridized carbons (Fsp3) is 0.222. The van der Waals surface area contributed by atoms with Crippen molar-refractivity contribution in [2.24, 2.45) is 0 Å². The zero-order valence-corrected chi connectivity index (χ0v) is 8.02. The number of pyridine rings is 1. The number of halogens is 1. The number of alkyl halides is 1. The number of aromatic nitrogens is 1. The summed E-state index contributed by atoms with van der Waals surface area (Å²) in [5, 5.41) is 0. The summed E-state index contributed by atoms with van der Waals surface area (Å²) in [7, 11) is 0. The Morgan fingerprint density at radius 1 is 1.54 bits per heavy atom. The summed E-state index contributed by atoms with van der Waals surface area (Å²) in [6.45, 7) is 1.83. The van der Waals surface area contributed by atoms with Gasteiger partial charge in [-0.3, -0.25) is 0 Å². The maximum atomic E-state index is 5.57. The topological polar surface area (TPSA) is 64.9 Å². The summed E-state index contributed by atoms with van der Waals surface area (Å²) in [6.07, 6.45) is 0. The Hall–Kier alpha value is -1.40. The van der Waals surface area contributed by atoms with Crippen LogP contribution in [0, 0.1) is 18.8 Å². The minimum Gasteiger partial charge on any atom is -0.396 e. The third-order valence-electron chi connectivity index (χ3n) is 1.56. The molecule has 0 unspecified atom stereocenters. The molecule has 3 nitrogen and oxygen atoms in total. The largest absolute Gasteiger partial charge is 0.396 e. The predicted octanol–water partition coefficient (Wildman–Crippen LogP) is 1.14. The summed E-state index contributed by atoms with van der Waals surface area (Å²) in [5.74, 6) is 6.22. The predicted molar refractivity (Wildman–Crippen MR) is 55.4 cm³/mol. The summed E-state index contributed by atoms with van der Waals surface area (Å²) >= 11 is 5.42. The highest BCUT2D eigenvalue weighted by Crippen LogP contribution is 2.15. The maximum absolute atomic E-state index is 5.57. The van der Waals surface area contributed by atoms with E-state index in [1.165, 1.54) is 0 Å². The van der Waals surface area contributed by atoms with Gasteiger partial charge in [-0.1, -0.05) is 11.8 Å². The molecule has 4 N–H and O–H groups in total. The minimum absolute atomic E-state index is 0.295. The highest BCUT2D eigenvalue weighted by molar-refractivity contribution is 6.19. The number of aryl methyl sites for hydroxylation is 1. The molecule has 0 saturated carbocycles. The van der Waals surface area contributed by atoms with E-state index in [0.29, 0.717) is 17.4 Å². The first kappa shape index (κ1) is 9.69. The lowest BCUT2D eigenvalue weighted by molar-refractivity contribution is 1.20. The SMILES string of the molecule is Cc1nc(N)c(N)cc1C#CCCl. The molecule has 0 aliphatic carbocycles. The van der Waals surface area contributed by atoms with Crippen LogP contribution in [0.5, 0.6) is 0 Å². The van der Waals surface area contributed by atoms with Gasteiger partial charge in [-0.15, -0.1) is 11.6 Å². The lowest BCUT2D eigenvalue weighted by Crippen LogP contribution is -2.01. The van der Waals surface area contributed by atoms with Crippen molar-refractivity contribution in [1.29, 1.82) is 0 Å². The van der Waals surface area contributed by atoms with Crippen LogP contribution in [0.1, 0.15) is 11.3 Å². The van der Waals surface area contributed by atoms with Crippen LogP contribution in [-0.2, 0) is 0 Å². The third kappa shape index (κ3) is 2.27. The van der Waals surface area contributed by atoms with E-state index in [0.717, 1.165) is 11.3 Å². The molecule has 0 bridgehead atoms. The van der Waals surface area contributed by atoms with Crippen molar-refractivity contribution in [3.05, 3.63) is 17.3 Å². The normalized spacial score (nSPS) is 9.08. The fourth-order valence-electron chi connectivity index (χ4n) is 0.895. The van der Waals surface area contributed by atoms with Gasteiger partial charge >= 0.3 is 0 Å². The van der Waals surface area contributed by atoms with Crippen molar-refractivity contribution in [1.82, 2.24) is 4.98 Å². The summed E-state index contributed by atoms with van der Waals surface area (Å²) in [5.41, 5.74) is 13.1. The molecule has 0 aliphatic rings. The third-order valence-corrected chi connectivity index (χ3v) is 1.70. The quantitative estimate of drug-likeness (QED) is 0.482. The molecule has 0 spiro atoms. The first-order valence-corrected chi connectivity index (χ1v) is 4.26. The van der Waals surface area contributed by atoms with E-state index in [9.17, 15) is 0 Å². The average Bonchev–Trinajstić information content (AvgIpc) is 2.09. The van der Waals surface area contributed by atoms with Gasteiger partial charge in [0.25, 0.3) is 0 Å². The van der Waals surface area contributed by atoms with Crippen LogP contribution in [0.4, 0.5) is 11.5 Å². The summed E-state index contributed by atoms with van der Waals surface area (Å²) in [4.78, 5) is 4.03. The van der Waals surface area contributed by atoms with Crippen LogP contribution in [0.3, 0.4) is 0 Å². The molecule has 1 aromatic heterocycles. The highest BCUT2D eigenvalue weighted by Gasteiger charge is 2.01. The molecule has 1 rings (SSSR count). The Morgan fingerprint density at radius 3 is 2.85 bits per heavy atom. The molecule has 1 heterocycles. The van der Waals surface area contributed by atoms with Crippen LogP contribution in [0.25, 0.3) is 0 Å². The Kier molecular flexibility index (Phi) is 2.99. The minimum atomic E-state index is 0.295. The fourth-order valence-corrected chi connectivity index (χ4v) is 0.961. The summed E-state index contributed by atoms with van der Waals surface area (Å²) in [6, 6.07) is 1.71. The molecule has 4 heteroatoms. The van der Waals surface area contributed by atoms with Gasteiger partial charge in [0.2, 0.25) is 0 Å². The first-order valence-electron chi connectivity index (χ1n) is 3.72. The van der Waals surface area contributed by atoms with Crippen molar-refractivity contribution in [2.45, 2.75) is 6.92 Å². The van der Waals surface area contributed by atoms with E-state index < -0.39 is 0 Å². The Morgan fingerprint density at radius 2 is 2.23 bits per heavy atom. The number of hydrogen-bond acceptors (Lipinski definition) is 3. The second-order valence-electron chi connectivity index (χ2n) is 2.53. The molecular weight excluding hydrogens is 186 g/mol.